The fourth-order valence-corrected chi connectivity index (χ4v) is 5.09. The van der Waals surface area contributed by atoms with E-state index in [0.717, 1.165) is 61.2 Å². The molecule has 0 unspecified atom stereocenters. The number of piperazine rings is 1. The fourth-order valence-electron chi connectivity index (χ4n) is 4.90. The van der Waals surface area contributed by atoms with Crippen molar-refractivity contribution in [1.29, 1.82) is 0 Å². The first-order valence-electron chi connectivity index (χ1n) is 11.9. The molecular weight excluding hydrogens is 436 g/mol. The normalized spacial score (nSPS) is 18.0. The Morgan fingerprint density at radius 3 is 2.39 bits per heavy atom. The Labute approximate surface area is 202 Å². The van der Waals surface area contributed by atoms with Crippen molar-refractivity contribution in [2.45, 2.75) is 38.6 Å². The summed E-state index contributed by atoms with van der Waals surface area (Å²) >= 11 is 6.13. The third-order valence-corrected chi connectivity index (χ3v) is 7.16. The fraction of sp³-hybridized carbons (Fsp3) is 0.500. The number of nitrogens with one attached hydrogen (secondary N) is 1. The third-order valence-electron chi connectivity index (χ3n) is 6.92. The van der Waals surface area contributed by atoms with Gasteiger partial charge in [0, 0.05) is 48.6 Å². The summed E-state index contributed by atoms with van der Waals surface area (Å²) in [5.41, 5.74) is 3.13. The summed E-state index contributed by atoms with van der Waals surface area (Å²) < 4.78 is 5.66. The second-order valence-electron chi connectivity index (χ2n) is 9.24. The van der Waals surface area contributed by atoms with Crippen LogP contribution in [0.1, 0.15) is 38.2 Å². The standard InChI is InChI=1S/C26H35ClN4O2/c1-19(2)29-11-9-20(10-12-29)24-18-22(7-8-25(24)33-3)28-26(32)31-15-13-30(14-16-31)23-6-4-5-21(27)17-23/h4-8,17-20H,9-16H2,1-3H3,(H,28,32). The first-order valence-corrected chi connectivity index (χ1v) is 12.3. The minimum atomic E-state index is -0.0495. The average Bonchev–Trinajstić information content (AvgIpc) is 2.84. The van der Waals surface area contributed by atoms with Crippen molar-refractivity contribution >= 4 is 29.0 Å². The maximum atomic E-state index is 13.0. The van der Waals surface area contributed by atoms with Gasteiger partial charge in [-0.05, 0) is 87.7 Å². The molecule has 2 fully saturated rings. The number of anilines is 2. The van der Waals surface area contributed by atoms with Crippen LogP contribution in [0.4, 0.5) is 16.2 Å². The summed E-state index contributed by atoms with van der Waals surface area (Å²) in [6.07, 6.45) is 2.22. The number of hydrogen-bond acceptors (Lipinski definition) is 4. The van der Waals surface area contributed by atoms with Crippen molar-refractivity contribution < 1.29 is 9.53 Å². The van der Waals surface area contributed by atoms with Crippen LogP contribution in [0.15, 0.2) is 42.5 Å². The SMILES string of the molecule is COc1ccc(NC(=O)N2CCN(c3cccc(Cl)c3)CC2)cc1C1CCN(C(C)C)CC1. The number of benzene rings is 2. The Hall–Kier alpha value is -2.44. The highest BCUT2D eigenvalue weighted by Gasteiger charge is 2.26. The number of carbonyl (C=O) groups is 1. The molecule has 2 saturated heterocycles. The molecular formula is C26H35ClN4O2. The van der Waals surface area contributed by atoms with Crippen LogP contribution in [0.5, 0.6) is 5.75 Å². The lowest BCUT2D eigenvalue weighted by molar-refractivity contribution is 0.171. The Bertz CT molecular complexity index is 951. The smallest absolute Gasteiger partial charge is 0.321 e. The van der Waals surface area contributed by atoms with Crippen molar-refractivity contribution in [3.8, 4) is 5.75 Å². The van der Waals surface area contributed by atoms with Gasteiger partial charge < -0.3 is 24.8 Å². The monoisotopic (exact) mass is 470 g/mol. The van der Waals surface area contributed by atoms with Gasteiger partial charge in [0.2, 0.25) is 0 Å². The molecule has 0 atom stereocenters. The summed E-state index contributed by atoms with van der Waals surface area (Å²) in [5, 5.41) is 3.85. The molecule has 1 N–H and O–H groups in total. The number of ether oxygens (including phenoxy) is 1. The molecule has 0 aromatic heterocycles. The lowest BCUT2D eigenvalue weighted by atomic mass is 9.88. The summed E-state index contributed by atoms with van der Waals surface area (Å²) in [6.45, 7) is 9.63. The minimum Gasteiger partial charge on any atom is -0.496 e. The molecule has 0 spiro atoms. The molecule has 0 bridgehead atoms. The van der Waals surface area contributed by atoms with E-state index in [9.17, 15) is 4.79 Å². The van der Waals surface area contributed by atoms with Gasteiger partial charge in [-0.2, -0.15) is 0 Å². The lowest BCUT2D eigenvalue weighted by Crippen LogP contribution is -2.50. The van der Waals surface area contributed by atoms with Crippen molar-refractivity contribution in [3.05, 3.63) is 53.1 Å². The molecule has 2 aromatic carbocycles. The van der Waals surface area contributed by atoms with E-state index in [1.807, 2.05) is 35.2 Å². The largest absolute Gasteiger partial charge is 0.496 e. The molecule has 0 aliphatic carbocycles. The minimum absolute atomic E-state index is 0.0495. The average molecular weight is 471 g/mol. The molecule has 0 radical (unpaired) electrons. The maximum absolute atomic E-state index is 13.0. The van der Waals surface area contributed by atoms with Crippen molar-refractivity contribution in [3.63, 3.8) is 0 Å². The molecule has 2 aliphatic heterocycles. The Morgan fingerprint density at radius 2 is 1.76 bits per heavy atom. The zero-order valence-electron chi connectivity index (χ0n) is 19.9. The van der Waals surface area contributed by atoms with E-state index in [-0.39, 0.29) is 6.03 Å². The first kappa shape index (κ1) is 23.7. The van der Waals surface area contributed by atoms with Gasteiger partial charge in [-0.1, -0.05) is 17.7 Å². The summed E-state index contributed by atoms with van der Waals surface area (Å²) in [7, 11) is 1.72. The molecule has 6 nitrogen and oxygen atoms in total. The molecule has 33 heavy (non-hydrogen) atoms. The highest BCUT2D eigenvalue weighted by Crippen LogP contribution is 2.36. The van der Waals surface area contributed by atoms with Gasteiger partial charge in [0.05, 0.1) is 7.11 Å². The van der Waals surface area contributed by atoms with E-state index in [1.54, 1.807) is 7.11 Å². The summed E-state index contributed by atoms with van der Waals surface area (Å²) in [6, 6.07) is 14.4. The second kappa shape index (κ2) is 10.7. The van der Waals surface area contributed by atoms with Crippen molar-refractivity contribution in [2.75, 3.05) is 56.6 Å². The van der Waals surface area contributed by atoms with Crippen LogP contribution in [0.25, 0.3) is 0 Å². The number of nitrogens with zero attached hydrogens (tertiary/aromatic N) is 3. The van der Waals surface area contributed by atoms with Gasteiger partial charge in [-0.15, -0.1) is 0 Å². The quantitative estimate of drug-likeness (QED) is 0.645. The van der Waals surface area contributed by atoms with Crippen LogP contribution in [-0.2, 0) is 0 Å². The number of halogens is 1. The van der Waals surface area contributed by atoms with Gasteiger partial charge in [0.15, 0.2) is 0 Å². The summed E-state index contributed by atoms with van der Waals surface area (Å²) in [4.78, 5) is 19.6. The second-order valence-corrected chi connectivity index (χ2v) is 9.68. The number of hydrogen-bond donors (Lipinski definition) is 1. The lowest BCUT2D eigenvalue weighted by Gasteiger charge is -2.36. The highest BCUT2D eigenvalue weighted by molar-refractivity contribution is 6.30. The first-order chi connectivity index (χ1) is 15.9. The van der Waals surface area contributed by atoms with Crippen LogP contribution >= 0.6 is 11.6 Å². The van der Waals surface area contributed by atoms with Crippen molar-refractivity contribution in [2.24, 2.45) is 0 Å². The number of rotatable bonds is 5. The Kier molecular flexibility index (Phi) is 7.66. The van der Waals surface area contributed by atoms with Crippen molar-refractivity contribution in [1.82, 2.24) is 9.80 Å². The van der Waals surface area contributed by atoms with E-state index in [0.29, 0.717) is 25.0 Å². The molecule has 7 heteroatoms. The molecule has 4 rings (SSSR count). The molecule has 2 aromatic rings. The van der Waals surface area contributed by atoms with Crippen LogP contribution in [0.2, 0.25) is 5.02 Å². The van der Waals surface area contributed by atoms with Crippen LogP contribution in [-0.4, -0.2) is 68.3 Å². The number of likely N-dealkylation sites (tertiary alicyclic amines) is 1. The van der Waals surface area contributed by atoms with E-state index in [2.05, 4.69) is 41.1 Å². The Morgan fingerprint density at radius 1 is 1.03 bits per heavy atom. The Balaban J connectivity index is 1.37. The predicted octanol–water partition coefficient (Wildman–Crippen LogP) is 5.29. The van der Waals surface area contributed by atoms with Crippen LogP contribution in [0.3, 0.4) is 0 Å². The molecule has 2 aliphatic rings. The van der Waals surface area contributed by atoms with E-state index in [1.165, 1.54) is 5.56 Å². The predicted molar refractivity (Wildman–Crippen MR) is 136 cm³/mol. The van der Waals surface area contributed by atoms with Crippen LogP contribution in [0, 0.1) is 0 Å². The number of amides is 2. The number of carbonyl (C=O) groups excluding carboxylic acids is 1. The zero-order chi connectivity index (χ0) is 23.4. The highest BCUT2D eigenvalue weighted by atomic mass is 35.5. The van der Waals surface area contributed by atoms with Gasteiger partial charge in [-0.25, -0.2) is 4.79 Å². The van der Waals surface area contributed by atoms with Gasteiger partial charge in [0.1, 0.15) is 5.75 Å². The summed E-state index contributed by atoms with van der Waals surface area (Å²) in [5.74, 6) is 1.36. The molecule has 2 heterocycles. The van der Waals surface area contributed by atoms with Gasteiger partial charge in [0.25, 0.3) is 0 Å². The van der Waals surface area contributed by atoms with Crippen LogP contribution < -0.4 is 15.0 Å². The molecule has 178 valence electrons. The van der Waals surface area contributed by atoms with E-state index in [4.69, 9.17) is 16.3 Å². The number of piperidine rings is 1. The number of urea groups is 1. The maximum Gasteiger partial charge on any atom is 0.321 e. The van der Waals surface area contributed by atoms with Gasteiger partial charge >= 0.3 is 6.03 Å². The number of methoxy groups -OCH3 is 1. The zero-order valence-corrected chi connectivity index (χ0v) is 20.6. The van der Waals surface area contributed by atoms with E-state index >= 15 is 0 Å². The van der Waals surface area contributed by atoms with Gasteiger partial charge in [-0.3, -0.25) is 0 Å². The topological polar surface area (TPSA) is 48.1 Å². The molecule has 2 amide bonds. The molecule has 0 saturated carbocycles. The third kappa shape index (κ3) is 5.74. The van der Waals surface area contributed by atoms with E-state index < -0.39 is 0 Å².